The molecule has 0 bridgehead atoms. The van der Waals surface area contributed by atoms with Crippen LogP contribution in [0.4, 0.5) is 0 Å². The van der Waals surface area contributed by atoms with Gasteiger partial charge in [-0.3, -0.25) is 0 Å². The molecule has 1 fully saturated rings. The van der Waals surface area contributed by atoms with Gasteiger partial charge in [0.25, 0.3) is 0 Å². The molecule has 3 rings (SSSR count). The van der Waals surface area contributed by atoms with Crippen LogP contribution in [0.3, 0.4) is 0 Å². The fraction of sp³-hybridized carbons (Fsp3) is 0.625. The van der Waals surface area contributed by atoms with Crippen molar-refractivity contribution in [2.24, 2.45) is 0 Å². The van der Waals surface area contributed by atoms with Crippen LogP contribution in [0.25, 0.3) is 0 Å². The molecule has 3 heteroatoms. The second kappa shape index (κ2) is 5.04. The highest BCUT2D eigenvalue weighted by Gasteiger charge is 2.40. The maximum atomic E-state index is 10.5. The highest BCUT2D eigenvalue weighted by atomic mass is 16.5. The van der Waals surface area contributed by atoms with Crippen molar-refractivity contribution in [1.29, 1.82) is 0 Å². The summed E-state index contributed by atoms with van der Waals surface area (Å²) in [5.41, 5.74) is 0.728. The summed E-state index contributed by atoms with van der Waals surface area (Å²) in [5.74, 6) is 1.61. The molecule has 1 aliphatic carbocycles. The van der Waals surface area contributed by atoms with E-state index in [0.717, 1.165) is 29.9 Å². The molecule has 0 aromatic heterocycles. The third-order valence-corrected chi connectivity index (χ3v) is 4.48. The fourth-order valence-corrected chi connectivity index (χ4v) is 3.42. The van der Waals surface area contributed by atoms with Crippen LogP contribution in [0, 0.1) is 0 Å². The SMILES string of the molecule is COc1ccc2c(c1)[C@H](O)CC1(CCCCCC1)O2. The monoisotopic (exact) mass is 262 g/mol. The summed E-state index contributed by atoms with van der Waals surface area (Å²) < 4.78 is 11.5. The molecule has 0 saturated heterocycles. The van der Waals surface area contributed by atoms with Gasteiger partial charge in [0.15, 0.2) is 0 Å². The van der Waals surface area contributed by atoms with Crippen molar-refractivity contribution < 1.29 is 14.6 Å². The van der Waals surface area contributed by atoms with Gasteiger partial charge in [-0.25, -0.2) is 0 Å². The standard InChI is InChI=1S/C16H22O3/c1-18-12-6-7-15-13(10-12)14(17)11-16(19-15)8-4-2-3-5-9-16/h6-7,10,14,17H,2-5,8-9,11H2,1H3/t14-/m1/s1. The lowest BCUT2D eigenvalue weighted by molar-refractivity contribution is -0.0245. The Morgan fingerprint density at radius 2 is 1.95 bits per heavy atom. The van der Waals surface area contributed by atoms with Gasteiger partial charge in [0.05, 0.1) is 13.2 Å². The van der Waals surface area contributed by atoms with Gasteiger partial charge in [0.1, 0.15) is 17.1 Å². The Bertz CT molecular complexity index is 447. The van der Waals surface area contributed by atoms with E-state index in [1.54, 1.807) is 7.11 Å². The first kappa shape index (κ1) is 12.8. The molecule has 1 heterocycles. The number of benzene rings is 1. The zero-order valence-corrected chi connectivity index (χ0v) is 11.5. The molecule has 3 nitrogen and oxygen atoms in total. The maximum absolute atomic E-state index is 10.5. The Kier molecular flexibility index (Phi) is 3.40. The van der Waals surface area contributed by atoms with Crippen molar-refractivity contribution in [1.82, 2.24) is 0 Å². The largest absolute Gasteiger partial charge is 0.497 e. The average Bonchev–Trinajstić information content (AvgIpc) is 2.64. The lowest BCUT2D eigenvalue weighted by Crippen LogP contribution is -2.40. The summed E-state index contributed by atoms with van der Waals surface area (Å²) in [6.07, 6.45) is 7.40. The lowest BCUT2D eigenvalue weighted by atomic mass is 9.83. The van der Waals surface area contributed by atoms with Crippen LogP contribution >= 0.6 is 0 Å². The average molecular weight is 262 g/mol. The van der Waals surface area contributed by atoms with Gasteiger partial charge in [-0.1, -0.05) is 12.8 Å². The summed E-state index contributed by atoms with van der Waals surface area (Å²) in [7, 11) is 1.64. The third kappa shape index (κ3) is 2.44. The first-order chi connectivity index (χ1) is 9.22. The topological polar surface area (TPSA) is 38.7 Å². The molecule has 0 unspecified atom stereocenters. The minimum Gasteiger partial charge on any atom is -0.497 e. The number of hydrogen-bond donors (Lipinski definition) is 1. The van der Waals surface area contributed by atoms with Gasteiger partial charge in [-0.2, -0.15) is 0 Å². The zero-order chi connectivity index (χ0) is 13.3. The fourth-order valence-electron chi connectivity index (χ4n) is 3.42. The van der Waals surface area contributed by atoms with E-state index in [4.69, 9.17) is 9.47 Å². The molecular formula is C16H22O3. The van der Waals surface area contributed by atoms with Gasteiger partial charge in [0.2, 0.25) is 0 Å². The highest BCUT2D eigenvalue weighted by molar-refractivity contribution is 5.43. The summed E-state index contributed by atoms with van der Waals surface area (Å²) in [4.78, 5) is 0. The number of fused-ring (bicyclic) bond motifs is 1. The van der Waals surface area contributed by atoms with Gasteiger partial charge in [0, 0.05) is 12.0 Å². The molecule has 0 radical (unpaired) electrons. The molecule has 1 aromatic carbocycles. The van der Waals surface area contributed by atoms with Crippen LogP contribution < -0.4 is 9.47 Å². The van der Waals surface area contributed by atoms with Crippen molar-refractivity contribution in [3.05, 3.63) is 23.8 Å². The Labute approximate surface area is 114 Å². The Hall–Kier alpha value is -1.22. The molecule has 1 aromatic rings. The van der Waals surface area contributed by atoms with Gasteiger partial charge in [-0.15, -0.1) is 0 Å². The second-order valence-electron chi connectivity index (χ2n) is 5.82. The van der Waals surface area contributed by atoms with Crippen LogP contribution in [0.2, 0.25) is 0 Å². The minimum absolute atomic E-state index is 0.141. The van der Waals surface area contributed by atoms with Crippen molar-refractivity contribution >= 4 is 0 Å². The minimum atomic E-state index is -0.433. The van der Waals surface area contributed by atoms with Crippen molar-refractivity contribution in [3.63, 3.8) is 0 Å². The number of methoxy groups -OCH3 is 1. The number of rotatable bonds is 1. The highest BCUT2D eigenvalue weighted by Crippen LogP contribution is 2.46. The van der Waals surface area contributed by atoms with Crippen LogP contribution in [-0.2, 0) is 0 Å². The number of hydrogen-bond acceptors (Lipinski definition) is 3. The van der Waals surface area contributed by atoms with Crippen LogP contribution in [0.15, 0.2) is 18.2 Å². The number of aliphatic hydroxyl groups is 1. The third-order valence-electron chi connectivity index (χ3n) is 4.48. The van der Waals surface area contributed by atoms with Crippen LogP contribution in [0.1, 0.15) is 56.6 Å². The van der Waals surface area contributed by atoms with Crippen molar-refractivity contribution in [2.75, 3.05) is 7.11 Å². The Balaban J connectivity index is 1.90. The second-order valence-corrected chi connectivity index (χ2v) is 5.82. The molecule has 2 aliphatic rings. The van der Waals surface area contributed by atoms with E-state index < -0.39 is 6.10 Å². The van der Waals surface area contributed by atoms with E-state index in [1.165, 1.54) is 25.7 Å². The lowest BCUT2D eigenvalue weighted by Gasteiger charge is -2.40. The number of aliphatic hydroxyl groups excluding tert-OH is 1. The van der Waals surface area contributed by atoms with Crippen molar-refractivity contribution in [2.45, 2.75) is 56.7 Å². The molecule has 104 valence electrons. The van der Waals surface area contributed by atoms with E-state index in [9.17, 15) is 5.11 Å². The summed E-state index contributed by atoms with van der Waals surface area (Å²) in [5, 5.41) is 10.5. The predicted octanol–water partition coefficient (Wildman–Crippen LogP) is 3.60. The van der Waals surface area contributed by atoms with Gasteiger partial charge in [-0.05, 0) is 43.9 Å². The molecule has 19 heavy (non-hydrogen) atoms. The van der Waals surface area contributed by atoms with E-state index in [2.05, 4.69) is 0 Å². The van der Waals surface area contributed by atoms with E-state index >= 15 is 0 Å². The van der Waals surface area contributed by atoms with Gasteiger partial charge < -0.3 is 14.6 Å². The van der Waals surface area contributed by atoms with Crippen LogP contribution in [-0.4, -0.2) is 17.8 Å². The molecule has 1 N–H and O–H groups in total. The molecule has 1 saturated carbocycles. The summed E-state index contributed by atoms with van der Waals surface area (Å²) in [6, 6.07) is 5.73. The number of ether oxygens (including phenoxy) is 2. The zero-order valence-electron chi connectivity index (χ0n) is 11.5. The van der Waals surface area contributed by atoms with Crippen LogP contribution in [0.5, 0.6) is 11.5 Å². The Morgan fingerprint density at radius 3 is 2.63 bits per heavy atom. The van der Waals surface area contributed by atoms with E-state index in [1.807, 2.05) is 18.2 Å². The molecule has 1 atom stereocenters. The van der Waals surface area contributed by atoms with E-state index in [0.29, 0.717) is 6.42 Å². The first-order valence-corrected chi connectivity index (χ1v) is 7.27. The molecular weight excluding hydrogens is 240 g/mol. The van der Waals surface area contributed by atoms with Crippen molar-refractivity contribution in [3.8, 4) is 11.5 Å². The quantitative estimate of drug-likeness (QED) is 0.840. The Morgan fingerprint density at radius 1 is 1.21 bits per heavy atom. The first-order valence-electron chi connectivity index (χ1n) is 7.27. The van der Waals surface area contributed by atoms with E-state index in [-0.39, 0.29) is 5.60 Å². The molecule has 0 amide bonds. The summed E-state index contributed by atoms with van der Waals surface area (Å²) in [6.45, 7) is 0. The van der Waals surface area contributed by atoms with Gasteiger partial charge >= 0.3 is 0 Å². The smallest absolute Gasteiger partial charge is 0.126 e. The summed E-state index contributed by atoms with van der Waals surface area (Å²) >= 11 is 0. The predicted molar refractivity (Wildman–Crippen MR) is 73.6 cm³/mol. The maximum Gasteiger partial charge on any atom is 0.126 e. The molecule has 1 aliphatic heterocycles. The normalized spacial score (nSPS) is 25.3. The molecule has 1 spiro atoms.